The van der Waals surface area contributed by atoms with Gasteiger partial charge in [0.25, 0.3) is 0 Å². The summed E-state index contributed by atoms with van der Waals surface area (Å²) in [6.45, 7) is 3.23. The van der Waals surface area contributed by atoms with Gasteiger partial charge in [0.1, 0.15) is 27.8 Å². The molecule has 0 atom stereocenters. The molecule has 0 saturated heterocycles. The molecule has 1 aliphatic rings. The van der Waals surface area contributed by atoms with Crippen molar-refractivity contribution >= 4 is 43.7 Å². The van der Waals surface area contributed by atoms with E-state index in [4.69, 9.17) is 27.9 Å². The highest BCUT2D eigenvalue weighted by molar-refractivity contribution is 8.01. The number of aromatic nitrogens is 1. The van der Waals surface area contributed by atoms with Crippen LogP contribution in [0, 0.1) is 0 Å². The van der Waals surface area contributed by atoms with Crippen LogP contribution in [0.3, 0.4) is 0 Å². The lowest BCUT2D eigenvalue weighted by atomic mass is 9.99. The molecule has 1 N–H and O–H groups in total. The van der Waals surface area contributed by atoms with E-state index in [-0.39, 0.29) is 38.6 Å². The molecular weight excluding hydrogens is 457 g/mol. The maximum absolute atomic E-state index is 13.7. The third-order valence-electron chi connectivity index (χ3n) is 5.30. The summed E-state index contributed by atoms with van der Waals surface area (Å²) in [7, 11) is -4.12. The van der Waals surface area contributed by atoms with Crippen LogP contribution in [0.1, 0.15) is 36.2 Å². The Morgan fingerprint density at radius 1 is 1.00 bits per heavy atom. The lowest BCUT2D eigenvalue weighted by Crippen LogP contribution is -2.35. The van der Waals surface area contributed by atoms with Gasteiger partial charge < -0.3 is 9.84 Å². The summed E-state index contributed by atoms with van der Waals surface area (Å²) >= 11 is 12.9. The summed E-state index contributed by atoms with van der Waals surface area (Å²) in [4.78, 5) is 3.90. The molecular formula is C23H19Cl2NO4S. The summed E-state index contributed by atoms with van der Waals surface area (Å²) in [6, 6.07) is 15.6. The van der Waals surface area contributed by atoms with Gasteiger partial charge in [-0.05, 0) is 43.7 Å². The molecule has 0 amide bonds. The molecule has 0 bridgehead atoms. The van der Waals surface area contributed by atoms with Crippen molar-refractivity contribution in [1.82, 2.24) is 4.98 Å². The molecule has 2 aromatic carbocycles. The Labute approximate surface area is 190 Å². The van der Waals surface area contributed by atoms with Crippen LogP contribution < -0.4 is 4.74 Å². The fraction of sp³-hybridized carbons (Fsp3) is 0.174. The fourth-order valence-corrected chi connectivity index (χ4v) is 5.85. The van der Waals surface area contributed by atoms with Crippen LogP contribution in [0.5, 0.6) is 5.75 Å². The highest BCUT2D eigenvalue weighted by Gasteiger charge is 2.49. The van der Waals surface area contributed by atoms with E-state index >= 15 is 0 Å². The van der Waals surface area contributed by atoms with Crippen LogP contribution in [-0.2, 0) is 21.2 Å². The van der Waals surface area contributed by atoms with E-state index in [1.54, 1.807) is 26.0 Å². The molecule has 160 valence electrons. The van der Waals surface area contributed by atoms with Gasteiger partial charge in [0.2, 0.25) is 0 Å². The molecule has 5 nitrogen and oxygen atoms in total. The van der Waals surface area contributed by atoms with Crippen molar-refractivity contribution in [1.29, 1.82) is 0 Å². The Hall–Kier alpha value is -2.54. The van der Waals surface area contributed by atoms with Crippen LogP contribution in [0.25, 0.3) is 10.7 Å². The first-order chi connectivity index (χ1) is 14.7. The predicted molar refractivity (Wildman–Crippen MR) is 123 cm³/mol. The largest absolute Gasteiger partial charge is 0.506 e. The maximum atomic E-state index is 13.7. The first-order valence-electron chi connectivity index (χ1n) is 9.45. The fourth-order valence-electron chi connectivity index (χ4n) is 3.58. The quantitative estimate of drug-likeness (QED) is 0.499. The summed E-state index contributed by atoms with van der Waals surface area (Å²) < 4.78 is 31.9. The second kappa shape index (κ2) is 7.86. The minimum absolute atomic E-state index is 0.0326. The van der Waals surface area contributed by atoms with E-state index in [1.807, 2.05) is 30.3 Å². The number of nitrogens with zero attached hydrogens (tertiary/aromatic N) is 1. The van der Waals surface area contributed by atoms with Crippen LogP contribution in [0.4, 0.5) is 0 Å². The van der Waals surface area contributed by atoms with E-state index in [0.717, 1.165) is 5.56 Å². The number of pyridine rings is 1. The van der Waals surface area contributed by atoms with Gasteiger partial charge in [-0.25, -0.2) is 8.42 Å². The Kier molecular flexibility index (Phi) is 5.50. The van der Waals surface area contributed by atoms with Gasteiger partial charge in [-0.15, -0.1) is 0 Å². The lowest BCUT2D eigenvalue weighted by Gasteiger charge is -2.33. The number of hydrogen-bond donors (Lipinski definition) is 1. The molecule has 2 heterocycles. The van der Waals surface area contributed by atoms with Gasteiger partial charge >= 0.3 is 0 Å². The molecule has 1 aromatic heterocycles. The molecule has 31 heavy (non-hydrogen) atoms. The summed E-state index contributed by atoms with van der Waals surface area (Å²) in [5, 5.41) is 11.3. The maximum Gasteiger partial charge on any atom is 0.193 e. The molecule has 0 fully saturated rings. The number of rotatable bonds is 4. The molecule has 0 unspecified atom stereocenters. The van der Waals surface area contributed by atoms with Crippen LogP contribution in [0.2, 0.25) is 10.0 Å². The van der Waals surface area contributed by atoms with Crippen LogP contribution in [-0.4, -0.2) is 18.5 Å². The summed E-state index contributed by atoms with van der Waals surface area (Å²) in [5.74, 6) is -0.345. The van der Waals surface area contributed by atoms with E-state index < -0.39 is 20.3 Å². The topological polar surface area (TPSA) is 76.5 Å². The van der Waals surface area contributed by atoms with Crippen molar-refractivity contribution in [2.24, 2.45) is 0 Å². The molecule has 0 saturated carbocycles. The minimum Gasteiger partial charge on any atom is -0.506 e. The molecule has 1 aliphatic heterocycles. The zero-order valence-electron chi connectivity index (χ0n) is 16.8. The summed E-state index contributed by atoms with van der Waals surface area (Å²) in [6.07, 6.45) is 1.50. The molecule has 0 radical (unpaired) electrons. The first-order valence-corrected chi connectivity index (χ1v) is 11.7. The lowest BCUT2D eigenvalue weighted by molar-refractivity contribution is 0.305. The smallest absolute Gasteiger partial charge is 0.193 e. The monoisotopic (exact) mass is 475 g/mol. The number of sulfone groups is 1. The van der Waals surface area contributed by atoms with Gasteiger partial charge in [0.05, 0.1) is 21.3 Å². The summed E-state index contributed by atoms with van der Waals surface area (Å²) in [5.41, 5.74) is 1.48. The number of halogens is 2. The molecule has 3 aromatic rings. The van der Waals surface area contributed by atoms with Crippen molar-refractivity contribution < 1.29 is 18.3 Å². The number of fused-ring (bicyclic) bond motifs is 1. The van der Waals surface area contributed by atoms with Crippen molar-refractivity contribution in [2.75, 3.05) is 0 Å². The number of aliphatic hydroxyl groups excluding tert-OH is 1. The minimum atomic E-state index is -4.12. The predicted octanol–water partition coefficient (Wildman–Crippen LogP) is 6.01. The first kappa shape index (κ1) is 21.7. The number of aliphatic hydroxyl groups is 1. The molecule has 0 spiro atoms. The van der Waals surface area contributed by atoms with Crippen molar-refractivity contribution in [3.8, 4) is 5.75 Å². The molecule has 0 aliphatic carbocycles. The average molecular weight is 476 g/mol. The van der Waals surface area contributed by atoms with Gasteiger partial charge in [-0.3, -0.25) is 4.98 Å². The van der Waals surface area contributed by atoms with E-state index in [9.17, 15) is 13.5 Å². The standard InChI is InChI=1S/C23H19Cl2NO4S/c1-23(2)22-15(9-6-12-26-22)19(27)21(31(23,28)29)18-16(24)10-11-17(25)20(18)30-13-14-7-4-3-5-8-14/h3-12,27H,13H2,1-2H3. The Morgan fingerprint density at radius 2 is 1.68 bits per heavy atom. The Balaban J connectivity index is 1.96. The van der Waals surface area contributed by atoms with Crippen molar-refractivity contribution in [3.63, 3.8) is 0 Å². The van der Waals surface area contributed by atoms with Gasteiger partial charge in [0.15, 0.2) is 9.84 Å². The van der Waals surface area contributed by atoms with Crippen molar-refractivity contribution in [3.05, 3.63) is 93.2 Å². The Bertz CT molecular complexity index is 1300. The second-order valence-electron chi connectivity index (χ2n) is 7.60. The highest BCUT2D eigenvalue weighted by Crippen LogP contribution is 2.51. The zero-order valence-corrected chi connectivity index (χ0v) is 19.1. The van der Waals surface area contributed by atoms with Gasteiger partial charge in [0, 0.05) is 11.8 Å². The number of hydrogen-bond acceptors (Lipinski definition) is 5. The average Bonchev–Trinajstić information content (AvgIpc) is 2.75. The highest BCUT2D eigenvalue weighted by atomic mass is 35.5. The zero-order chi connectivity index (χ0) is 22.4. The van der Waals surface area contributed by atoms with E-state index in [1.165, 1.54) is 18.3 Å². The molecule has 4 rings (SSSR count). The van der Waals surface area contributed by atoms with Crippen molar-refractivity contribution in [2.45, 2.75) is 25.2 Å². The third kappa shape index (κ3) is 3.49. The SMILES string of the molecule is CC1(C)c2ncccc2C(O)=C(c2c(Cl)ccc(Cl)c2OCc2ccccc2)S1(=O)=O. The third-order valence-corrected chi connectivity index (χ3v) is 8.39. The number of benzene rings is 2. The van der Waals surface area contributed by atoms with Crippen LogP contribution in [0.15, 0.2) is 60.8 Å². The molecule has 8 heteroatoms. The second-order valence-corrected chi connectivity index (χ2v) is 10.8. The van der Waals surface area contributed by atoms with Crippen LogP contribution >= 0.6 is 23.2 Å². The number of ether oxygens (including phenoxy) is 1. The van der Waals surface area contributed by atoms with E-state index in [0.29, 0.717) is 5.56 Å². The van der Waals surface area contributed by atoms with E-state index in [2.05, 4.69) is 4.98 Å². The Morgan fingerprint density at radius 3 is 2.39 bits per heavy atom. The van der Waals surface area contributed by atoms with Gasteiger partial charge in [-0.2, -0.15) is 0 Å². The normalized spacial score (nSPS) is 16.6. The van der Waals surface area contributed by atoms with Gasteiger partial charge in [-0.1, -0.05) is 53.5 Å².